The van der Waals surface area contributed by atoms with Crippen molar-refractivity contribution in [1.29, 1.82) is 0 Å². The molecule has 0 radical (unpaired) electrons. The van der Waals surface area contributed by atoms with Crippen molar-refractivity contribution in [3.8, 4) is 0 Å². The zero-order valence-corrected chi connectivity index (χ0v) is 4.29. The maximum Gasteiger partial charge on any atom is 0.222 e. The quantitative estimate of drug-likeness (QED) is 0.524. The third-order valence-electron chi connectivity index (χ3n) is 0.786. The van der Waals surface area contributed by atoms with Crippen LogP contribution in [0.15, 0.2) is 10.6 Å². The first-order valence-electron chi connectivity index (χ1n) is 2.24. The average Bonchev–Trinajstić information content (AvgIpc) is 2.14. The number of aromatic nitrogens is 1. The molecule has 4 N–H and O–H groups in total. The average molecular weight is 113 g/mol. The van der Waals surface area contributed by atoms with Crippen molar-refractivity contribution in [3.05, 3.63) is 11.8 Å². The van der Waals surface area contributed by atoms with E-state index in [-0.39, 0.29) is 0 Å². The lowest BCUT2D eigenvalue weighted by Gasteiger charge is -1.75. The Labute approximate surface area is 46.4 Å². The number of nitrogen functional groups attached to an aromatic ring is 1. The van der Waals surface area contributed by atoms with Crippen molar-refractivity contribution in [2.45, 2.75) is 6.54 Å². The third-order valence-corrected chi connectivity index (χ3v) is 0.786. The SMILES string of the molecule is NCc1cc(N)on1. The van der Waals surface area contributed by atoms with Crippen LogP contribution >= 0.6 is 0 Å². The predicted molar refractivity (Wildman–Crippen MR) is 28.8 cm³/mol. The van der Waals surface area contributed by atoms with Gasteiger partial charge in [0, 0.05) is 12.6 Å². The number of anilines is 1. The highest BCUT2D eigenvalue weighted by molar-refractivity contribution is 5.23. The number of nitrogens with zero attached hydrogens (tertiary/aromatic N) is 1. The van der Waals surface area contributed by atoms with Gasteiger partial charge in [0.1, 0.15) is 0 Å². The minimum atomic E-state index is 0.311. The van der Waals surface area contributed by atoms with Crippen LogP contribution in [0.1, 0.15) is 5.69 Å². The molecule has 0 spiro atoms. The lowest BCUT2D eigenvalue weighted by Crippen LogP contribution is -1.94. The summed E-state index contributed by atoms with van der Waals surface area (Å²) in [6, 6.07) is 1.60. The molecule has 0 fully saturated rings. The number of hydrogen-bond acceptors (Lipinski definition) is 4. The van der Waals surface area contributed by atoms with E-state index in [1.54, 1.807) is 6.07 Å². The summed E-state index contributed by atoms with van der Waals surface area (Å²) in [5, 5.41) is 3.51. The zero-order chi connectivity index (χ0) is 5.98. The Hall–Kier alpha value is -1.03. The van der Waals surface area contributed by atoms with E-state index in [4.69, 9.17) is 11.5 Å². The van der Waals surface area contributed by atoms with Crippen LogP contribution in [0.2, 0.25) is 0 Å². The molecular weight excluding hydrogens is 106 g/mol. The molecule has 0 aliphatic rings. The second-order valence-corrected chi connectivity index (χ2v) is 1.42. The van der Waals surface area contributed by atoms with Gasteiger partial charge in [-0.2, -0.15) is 0 Å². The summed E-state index contributed by atoms with van der Waals surface area (Å²) < 4.78 is 4.50. The molecular formula is C4H7N3O. The molecule has 0 unspecified atom stereocenters. The molecule has 0 saturated carbocycles. The van der Waals surface area contributed by atoms with Gasteiger partial charge >= 0.3 is 0 Å². The predicted octanol–water partition coefficient (Wildman–Crippen LogP) is -0.285. The van der Waals surface area contributed by atoms with Gasteiger partial charge < -0.3 is 16.0 Å². The molecule has 1 heterocycles. The fourth-order valence-electron chi connectivity index (χ4n) is 0.424. The largest absolute Gasteiger partial charge is 0.368 e. The molecule has 1 aromatic heterocycles. The van der Waals surface area contributed by atoms with Gasteiger partial charge in [0.2, 0.25) is 5.88 Å². The maximum atomic E-state index is 5.19. The van der Waals surface area contributed by atoms with E-state index in [1.165, 1.54) is 0 Å². The first kappa shape index (κ1) is 5.11. The van der Waals surface area contributed by atoms with Gasteiger partial charge in [-0.05, 0) is 0 Å². The second kappa shape index (κ2) is 1.83. The van der Waals surface area contributed by atoms with Crippen LogP contribution in [0.5, 0.6) is 0 Å². The normalized spacial score (nSPS) is 9.62. The Balaban J connectivity index is 2.84. The van der Waals surface area contributed by atoms with Gasteiger partial charge in [0.05, 0.1) is 5.69 Å². The number of hydrogen-bond donors (Lipinski definition) is 2. The smallest absolute Gasteiger partial charge is 0.222 e. The Kier molecular flexibility index (Phi) is 1.17. The molecule has 0 saturated heterocycles. The Morgan fingerprint density at radius 1 is 1.75 bits per heavy atom. The minimum absolute atomic E-state index is 0.311. The standard InChI is InChI=1S/C4H7N3O/c5-2-3-1-4(6)8-7-3/h1H,2,5-6H2. The molecule has 1 rings (SSSR count). The first-order chi connectivity index (χ1) is 3.83. The molecule has 0 atom stereocenters. The van der Waals surface area contributed by atoms with Crippen LogP contribution in [-0.4, -0.2) is 5.16 Å². The fourth-order valence-corrected chi connectivity index (χ4v) is 0.424. The molecule has 1 aromatic rings. The van der Waals surface area contributed by atoms with Gasteiger partial charge in [0.15, 0.2) is 0 Å². The number of rotatable bonds is 1. The van der Waals surface area contributed by atoms with Gasteiger partial charge in [-0.25, -0.2) is 0 Å². The molecule has 44 valence electrons. The number of nitrogens with two attached hydrogens (primary N) is 2. The molecule has 4 nitrogen and oxygen atoms in total. The van der Waals surface area contributed by atoms with Crippen LogP contribution < -0.4 is 11.5 Å². The van der Waals surface area contributed by atoms with Gasteiger partial charge in [-0.3, -0.25) is 0 Å². The first-order valence-corrected chi connectivity index (χ1v) is 2.24. The Bertz CT molecular complexity index is 172. The molecule has 0 aliphatic heterocycles. The van der Waals surface area contributed by atoms with Crippen molar-refractivity contribution >= 4 is 5.88 Å². The van der Waals surface area contributed by atoms with E-state index >= 15 is 0 Å². The highest BCUT2D eigenvalue weighted by Gasteiger charge is 1.94. The molecule has 0 amide bonds. The Morgan fingerprint density at radius 2 is 2.50 bits per heavy atom. The molecule has 8 heavy (non-hydrogen) atoms. The Morgan fingerprint density at radius 3 is 2.75 bits per heavy atom. The summed E-state index contributed by atoms with van der Waals surface area (Å²) in [4.78, 5) is 0. The van der Waals surface area contributed by atoms with Crippen LogP contribution in [0.4, 0.5) is 5.88 Å². The summed E-state index contributed by atoms with van der Waals surface area (Å²) in [6.45, 7) is 0.376. The molecule has 0 aliphatic carbocycles. The van der Waals surface area contributed by atoms with E-state index in [0.29, 0.717) is 18.1 Å². The fraction of sp³-hybridized carbons (Fsp3) is 0.250. The summed E-state index contributed by atoms with van der Waals surface area (Å²) in [5.41, 5.74) is 11.0. The highest BCUT2D eigenvalue weighted by Crippen LogP contribution is 2.01. The maximum absolute atomic E-state index is 5.19. The van der Waals surface area contributed by atoms with Crippen molar-refractivity contribution in [2.24, 2.45) is 5.73 Å². The van der Waals surface area contributed by atoms with Crippen molar-refractivity contribution in [1.82, 2.24) is 5.16 Å². The second-order valence-electron chi connectivity index (χ2n) is 1.42. The van der Waals surface area contributed by atoms with Gasteiger partial charge in [-0.15, -0.1) is 0 Å². The summed E-state index contributed by atoms with van der Waals surface area (Å²) in [7, 11) is 0. The molecule has 4 heteroatoms. The monoisotopic (exact) mass is 113 g/mol. The zero-order valence-electron chi connectivity index (χ0n) is 4.29. The van der Waals surface area contributed by atoms with E-state index in [1.807, 2.05) is 0 Å². The molecule has 0 bridgehead atoms. The lowest BCUT2D eigenvalue weighted by atomic mass is 10.4. The van der Waals surface area contributed by atoms with E-state index < -0.39 is 0 Å². The highest BCUT2D eigenvalue weighted by atomic mass is 16.5. The van der Waals surface area contributed by atoms with E-state index in [9.17, 15) is 0 Å². The molecule has 0 aromatic carbocycles. The van der Waals surface area contributed by atoms with E-state index in [2.05, 4.69) is 9.68 Å². The minimum Gasteiger partial charge on any atom is -0.368 e. The van der Waals surface area contributed by atoms with Crippen LogP contribution in [0, 0.1) is 0 Å². The van der Waals surface area contributed by atoms with Crippen LogP contribution in [0.25, 0.3) is 0 Å². The van der Waals surface area contributed by atoms with E-state index in [0.717, 1.165) is 0 Å². The lowest BCUT2D eigenvalue weighted by molar-refractivity contribution is 0.428. The third kappa shape index (κ3) is 0.788. The summed E-state index contributed by atoms with van der Waals surface area (Å²) in [6.07, 6.45) is 0. The van der Waals surface area contributed by atoms with Crippen molar-refractivity contribution < 1.29 is 4.52 Å². The van der Waals surface area contributed by atoms with Crippen molar-refractivity contribution in [2.75, 3.05) is 5.73 Å². The van der Waals surface area contributed by atoms with Crippen LogP contribution in [-0.2, 0) is 6.54 Å². The van der Waals surface area contributed by atoms with Crippen molar-refractivity contribution in [3.63, 3.8) is 0 Å². The topological polar surface area (TPSA) is 78.1 Å². The van der Waals surface area contributed by atoms with Gasteiger partial charge in [0.25, 0.3) is 0 Å². The van der Waals surface area contributed by atoms with Crippen LogP contribution in [0.3, 0.4) is 0 Å². The van der Waals surface area contributed by atoms with Gasteiger partial charge in [-0.1, -0.05) is 5.16 Å². The summed E-state index contributed by atoms with van der Waals surface area (Å²) in [5.74, 6) is 0.311. The summed E-state index contributed by atoms with van der Waals surface area (Å²) >= 11 is 0.